The summed E-state index contributed by atoms with van der Waals surface area (Å²) in [6.45, 7) is 9.73. The highest BCUT2D eigenvalue weighted by atomic mass is 31.2. The molecule has 0 fully saturated rings. The fraction of sp³-hybridized carbons (Fsp3) is 0.957. The van der Waals surface area contributed by atoms with Crippen LogP contribution in [0.2, 0.25) is 0 Å². The van der Waals surface area contributed by atoms with Crippen LogP contribution < -0.4 is 0 Å². The quantitative estimate of drug-likeness (QED) is 0.0222. The summed E-state index contributed by atoms with van der Waals surface area (Å²) in [7, 11) is -9.94. The van der Waals surface area contributed by atoms with E-state index in [4.69, 9.17) is 37.0 Å². The van der Waals surface area contributed by atoms with Gasteiger partial charge in [-0.3, -0.25) is 37.3 Å². The second kappa shape index (κ2) is 84.1. The smallest absolute Gasteiger partial charge is 0.462 e. The molecule has 3 N–H and O–H groups in total. The molecule has 6 atom stereocenters. The highest BCUT2D eigenvalue weighted by Gasteiger charge is 2.31. The third-order valence-corrected chi connectivity index (χ3v) is 24.2. The van der Waals surface area contributed by atoms with Gasteiger partial charge in [0.1, 0.15) is 19.3 Å². The van der Waals surface area contributed by atoms with Gasteiger partial charge >= 0.3 is 39.5 Å². The lowest BCUT2D eigenvalue weighted by Crippen LogP contribution is -2.30. The largest absolute Gasteiger partial charge is 0.472 e. The predicted molar refractivity (Wildman–Crippen MR) is 465 cm³/mol. The molecule has 0 aliphatic carbocycles. The van der Waals surface area contributed by atoms with Crippen molar-refractivity contribution in [1.82, 2.24) is 0 Å². The van der Waals surface area contributed by atoms with E-state index in [0.29, 0.717) is 25.7 Å². The van der Waals surface area contributed by atoms with Crippen molar-refractivity contribution in [2.24, 2.45) is 11.8 Å². The second-order valence-electron chi connectivity index (χ2n) is 34.1. The van der Waals surface area contributed by atoms with Crippen LogP contribution in [0, 0.1) is 11.8 Å². The summed E-state index contributed by atoms with van der Waals surface area (Å²) < 4.78 is 69.1. The first-order valence-corrected chi connectivity index (χ1v) is 51.0. The van der Waals surface area contributed by atoms with Gasteiger partial charge in [0.15, 0.2) is 12.2 Å². The van der Waals surface area contributed by atoms with Crippen LogP contribution in [0.1, 0.15) is 504 Å². The molecule has 3 unspecified atom stereocenters. The predicted octanol–water partition coefficient (Wildman–Crippen LogP) is 29.0. The molecule has 0 rings (SSSR count). The number of carbonyl (C=O) groups excluding carboxylic acids is 4. The minimum absolute atomic E-state index is 0.108. The van der Waals surface area contributed by atoms with Gasteiger partial charge in [0.05, 0.1) is 26.4 Å². The zero-order valence-corrected chi connectivity index (χ0v) is 75.8. The molecule has 0 saturated heterocycles. The van der Waals surface area contributed by atoms with Crippen LogP contribution in [0.5, 0.6) is 0 Å². The zero-order valence-electron chi connectivity index (χ0n) is 74.0. The summed E-state index contributed by atoms with van der Waals surface area (Å²) in [6.07, 6.45) is 79.4. The van der Waals surface area contributed by atoms with Crippen LogP contribution in [0.4, 0.5) is 0 Å². The van der Waals surface area contributed by atoms with Crippen LogP contribution in [0.3, 0.4) is 0 Å². The molecule has 19 heteroatoms. The maximum atomic E-state index is 13.2. The van der Waals surface area contributed by atoms with E-state index in [2.05, 4.69) is 41.5 Å². The van der Waals surface area contributed by atoms with Crippen LogP contribution in [-0.4, -0.2) is 96.7 Å². The summed E-state index contributed by atoms with van der Waals surface area (Å²) >= 11 is 0. The van der Waals surface area contributed by atoms with E-state index < -0.39 is 97.5 Å². The van der Waals surface area contributed by atoms with Crippen molar-refractivity contribution < 1.29 is 80.2 Å². The average Bonchev–Trinajstić information content (AvgIpc) is 0.901. The topological polar surface area (TPSA) is 237 Å². The van der Waals surface area contributed by atoms with Gasteiger partial charge in [0.2, 0.25) is 0 Å². The number of phosphoric acid groups is 2. The molecule has 0 saturated carbocycles. The maximum Gasteiger partial charge on any atom is 0.472 e. The number of carbonyl (C=O) groups is 4. The average molecular weight is 1630 g/mol. The summed E-state index contributed by atoms with van der Waals surface area (Å²) in [5.74, 6) is -0.524. The first-order chi connectivity index (χ1) is 54.4. The van der Waals surface area contributed by atoms with Gasteiger partial charge in [0.25, 0.3) is 0 Å². The Hall–Kier alpha value is -1.94. The van der Waals surface area contributed by atoms with Crippen molar-refractivity contribution >= 4 is 39.5 Å². The highest BCUT2D eigenvalue weighted by Crippen LogP contribution is 2.45. The van der Waals surface area contributed by atoms with E-state index in [9.17, 15) is 43.2 Å². The summed E-state index contributed by atoms with van der Waals surface area (Å²) in [5.41, 5.74) is 0. The van der Waals surface area contributed by atoms with Crippen LogP contribution in [0.25, 0.3) is 0 Å². The molecule has 0 aliphatic rings. The van der Waals surface area contributed by atoms with Gasteiger partial charge in [-0.15, -0.1) is 0 Å². The van der Waals surface area contributed by atoms with Gasteiger partial charge in [-0.1, -0.05) is 452 Å². The van der Waals surface area contributed by atoms with Gasteiger partial charge in [0, 0.05) is 25.7 Å². The molecule has 112 heavy (non-hydrogen) atoms. The summed E-state index contributed by atoms with van der Waals surface area (Å²) in [6, 6.07) is 0. The minimum Gasteiger partial charge on any atom is -0.462 e. The van der Waals surface area contributed by atoms with Crippen LogP contribution in [-0.2, 0) is 65.4 Å². The summed E-state index contributed by atoms with van der Waals surface area (Å²) in [4.78, 5) is 73.5. The van der Waals surface area contributed by atoms with Gasteiger partial charge in [-0.2, -0.15) is 0 Å². The minimum atomic E-state index is -4.97. The highest BCUT2D eigenvalue weighted by molar-refractivity contribution is 7.47. The monoisotopic (exact) mass is 1630 g/mol. The van der Waals surface area contributed by atoms with Crippen molar-refractivity contribution in [1.29, 1.82) is 0 Å². The number of aliphatic hydroxyl groups excluding tert-OH is 1. The van der Waals surface area contributed by atoms with E-state index in [1.54, 1.807) is 0 Å². The molecular weight excluding hydrogens is 1450 g/mol. The first-order valence-electron chi connectivity index (χ1n) is 48.0. The van der Waals surface area contributed by atoms with E-state index in [0.717, 1.165) is 102 Å². The second-order valence-corrected chi connectivity index (χ2v) is 37.0. The Balaban J connectivity index is 5.23. The summed E-state index contributed by atoms with van der Waals surface area (Å²) in [5, 5.41) is 10.7. The number of phosphoric ester groups is 2. The van der Waals surface area contributed by atoms with E-state index >= 15 is 0 Å². The molecule has 0 aromatic carbocycles. The number of aliphatic hydroxyl groups is 1. The molecule has 0 aliphatic heterocycles. The number of esters is 4. The first kappa shape index (κ1) is 110. The molecular formula is C93H182O17P2. The Morgan fingerprint density at radius 3 is 0.679 bits per heavy atom. The molecule has 666 valence electrons. The molecule has 17 nitrogen and oxygen atoms in total. The third kappa shape index (κ3) is 84.5. The van der Waals surface area contributed by atoms with Crippen molar-refractivity contribution in [3.05, 3.63) is 0 Å². The standard InChI is InChI=1S/C93H182O17P2/c1-7-10-12-14-16-18-20-22-24-26-28-30-32-34-36-38-43-47-51-59-65-71-77-92(97)109-88(81-103-90(95)75-69-63-57-50-46-42-37-35-33-31-29-27-25-23-21-19-17-15-13-11-8-2)83-107-111(99,100)105-79-87(94)80-106-112(101,102)108-84-89(82-104-91(96)76-70-64-58-54-53-55-61-67-73-85(4)5)110-93(98)78-72-66-60-52-48-44-40-39-41-45-49-56-62-68-74-86(6)9-3/h85-89,94H,7-84H2,1-6H3,(H,99,100)(H,101,102)/t86?,87-,88-,89-/m1/s1. The third-order valence-electron chi connectivity index (χ3n) is 22.3. The van der Waals surface area contributed by atoms with Gasteiger partial charge in [-0.05, 0) is 37.5 Å². The van der Waals surface area contributed by atoms with E-state index in [-0.39, 0.29) is 25.7 Å². The molecule has 0 aromatic rings. The molecule has 0 heterocycles. The van der Waals surface area contributed by atoms with Crippen molar-refractivity contribution in [3.8, 4) is 0 Å². The fourth-order valence-corrected chi connectivity index (χ4v) is 16.2. The Kier molecular flexibility index (Phi) is 82.6. The van der Waals surface area contributed by atoms with Crippen molar-refractivity contribution in [2.45, 2.75) is 522 Å². The maximum absolute atomic E-state index is 13.2. The van der Waals surface area contributed by atoms with E-state index in [1.807, 2.05) is 0 Å². The van der Waals surface area contributed by atoms with Crippen LogP contribution >= 0.6 is 15.6 Å². The number of hydrogen-bond acceptors (Lipinski definition) is 15. The van der Waals surface area contributed by atoms with E-state index in [1.165, 1.54) is 321 Å². The lowest BCUT2D eigenvalue weighted by Gasteiger charge is -2.21. The van der Waals surface area contributed by atoms with Crippen molar-refractivity contribution in [2.75, 3.05) is 39.6 Å². The lowest BCUT2D eigenvalue weighted by molar-refractivity contribution is -0.161. The number of unbranched alkanes of at least 4 members (excludes halogenated alkanes) is 61. The van der Waals surface area contributed by atoms with Crippen LogP contribution in [0.15, 0.2) is 0 Å². The molecule has 0 spiro atoms. The number of rotatable bonds is 92. The Labute approximate surface area is 689 Å². The molecule has 0 aromatic heterocycles. The lowest BCUT2D eigenvalue weighted by atomic mass is 9.99. The molecule has 0 amide bonds. The van der Waals surface area contributed by atoms with Gasteiger partial charge < -0.3 is 33.8 Å². The number of hydrogen-bond donors (Lipinski definition) is 3. The Morgan fingerprint density at radius 2 is 0.455 bits per heavy atom. The fourth-order valence-electron chi connectivity index (χ4n) is 14.6. The Morgan fingerprint density at radius 1 is 0.259 bits per heavy atom. The zero-order chi connectivity index (χ0) is 82.0. The molecule has 0 radical (unpaired) electrons. The van der Waals surface area contributed by atoms with Gasteiger partial charge in [-0.25, -0.2) is 9.13 Å². The van der Waals surface area contributed by atoms with Crippen molar-refractivity contribution in [3.63, 3.8) is 0 Å². The Bertz CT molecular complexity index is 2130. The normalized spacial score (nSPS) is 13.9. The molecule has 0 bridgehead atoms. The number of ether oxygens (including phenoxy) is 4. The SMILES string of the molecule is CCCCCCCCCCCCCCCCCCCCCCCCC(=O)O[C@H](COC(=O)CCCCCCCCCCCCCCCCCCCCCCC)COP(=O)(O)OC[C@@H](O)COP(=O)(O)OC[C@@H](COC(=O)CCCCCCCCCCC(C)C)OC(=O)CCCCCCCCCCCCCCCCC(C)CC.